The molecule has 0 aliphatic carbocycles. The van der Waals surface area contributed by atoms with Crippen LogP contribution in [0, 0.1) is 11.8 Å². The summed E-state index contributed by atoms with van der Waals surface area (Å²) in [5.74, 6) is 5.85. The molecule has 10 heteroatoms. The maximum absolute atomic E-state index is 14.0. The van der Waals surface area contributed by atoms with Crippen LogP contribution in [0.1, 0.15) is 32.3 Å². The highest BCUT2D eigenvalue weighted by molar-refractivity contribution is 5.83. The first-order valence-corrected chi connectivity index (χ1v) is 13.2. The van der Waals surface area contributed by atoms with Crippen molar-refractivity contribution in [1.82, 2.24) is 18.7 Å². The Hall–Kier alpha value is -4.36. The van der Waals surface area contributed by atoms with Crippen LogP contribution in [0.15, 0.2) is 52.1 Å². The highest BCUT2D eigenvalue weighted by atomic mass is 16.5. The smallest absolute Gasteiger partial charge is 0.333 e. The molecule has 2 aromatic heterocycles. The first-order chi connectivity index (χ1) is 18.9. The van der Waals surface area contributed by atoms with E-state index in [0.717, 1.165) is 33.7 Å². The molecule has 5 rings (SSSR count). The van der Waals surface area contributed by atoms with Gasteiger partial charge in [-0.3, -0.25) is 23.3 Å². The van der Waals surface area contributed by atoms with E-state index < -0.39 is 17.2 Å². The zero-order valence-corrected chi connectivity index (χ0v) is 22.2. The number of fused-ring (bicyclic) bond motifs is 2. The van der Waals surface area contributed by atoms with Gasteiger partial charge in [0, 0.05) is 19.1 Å². The van der Waals surface area contributed by atoms with E-state index >= 15 is 0 Å². The molecule has 2 N–H and O–H groups in total. The summed E-state index contributed by atoms with van der Waals surface area (Å²) < 4.78 is 9.29. The number of rotatable bonds is 7. The Labute approximate surface area is 225 Å². The molecule has 1 saturated heterocycles. The number of esters is 1. The fraction of sp³-hybridized carbons (Fsp3) is 0.379. The Bertz CT molecular complexity index is 1720. The average molecular weight is 529 g/mol. The molecule has 0 saturated carbocycles. The van der Waals surface area contributed by atoms with Crippen molar-refractivity contribution in [3.05, 3.63) is 68.9 Å². The van der Waals surface area contributed by atoms with Crippen LogP contribution in [-0.4, -0.2) is 50.4 Å². The summed E-state index contributed by atoms with van der Waals surface area (Å²) in [4.78, 5) is 47.1. The molecule has 1 atom stereocenters. The van der Waals surface area contributed by atoms with E-state index in [1.807, 2.05) is 47.4 Å². The van der Waals surface area contributed by atoms with Crippen LogP contribution in [0.4, 0.5) is 5.95 Å². The predicted octanol–water partition coefficient (Wildman–Crippen LogP) is 2.08. The summed E-state index contributed by atoms with van der Waals surface area (Å²) in [6, 6.07) is 13.7. The van der Waals surface area contributed by atoms with Crippen LogP contribution in [0.25, 0.3) is 21.9 Å². The number of carbonyl (C=O) groups excluding carboxylic acids is 1. The molecule has 10 nitrogen and oxygen atoms in total. The van der Waals surface area contributed by atoms with Gasteiger partial charge in [0.05, 0.1) is 19.7 Å². The third-order valence-electron chi connectivity index (χ3n) is 7.00. The third kappa shape index (κ3) is 5.18. The number of ether oxygens (including phenoxy) is 1. The number of nitrogens with two attached hydrogens (primary N) is 1. The fourth-order valence-electron chi connectivity index (χ4n) is 5.16. The van der Waals surface area contributed by atoms with Gasteiger partial charge >= 0.3 is 11.7 Å². The van der Waals surface area contributed by atoms with Gasteiger partial charge in [-0.2, -0.15) is 4.98 Å². The molecule has 1 aliphatic rings. The van der Waals surface area contributed by atoms with E-state index in [-0.39, 0.29) is 43.4 Å². The van der Waals surface area contributed by atoms with Crippen LogP contribution >= 0.6 is 0 Å². The van der Waals surface area contributed by atoms with Crippen molar-refractivity contribution >= 4 is 33.9 Å². The molecule has 0 radical (unpaired) electrons. The van der Waals surface area contributed by atoms with E-state index in [4.69, 9.17) is 15.5 Å². The van der Waals surface area contributed by atoms with Gasteiger partial charge in [0.15, 0.2) is 11.2 Å². The van der Waals surface area contributed by atoms with E-state index in [1.54, 1.807) is 18.4 Å². The topological polar surface area (TPSA) is 117 Å². The SMILES string of the molecule is CC#CCn1c(N2CCCC(N)C2)nc2c1c(=O)n(Cc1ccc3ccccc3c1)c(=O)n2CC(=O)OCC. The Morgan fingerprint density at radius 1 is 1.13 bits per heavy atom. The lowest BCUT2D eigenvalue weighted by molar-refractivity contribution is -0.143. The van der Waals surface area contributed by atoms with Gasteiger partial charge in [0.25, 0.3) is 5.56 Å². The molecule has 39 heavy (non-hydrogen) atoms. The van der Waals surface area contributed by atoms with Crippen LogP contribution in [-0.2, 0) is 29.2 Å². The van der Waals surface area contributed by atoms with Crippen molar-refractivity contribution in [3.63, 3.8) is 0 Å². The third-order valence-corrected chi connectivity index (χ3v) is 7.00. The van der Waals surface area contributed by atoms with Gasteiger partial charge in [-0.1, -0.05) is 42.3 Å². The largest absolute Gasteiger partial charge is 0.465 e. The fourth-order valence-corrected chi connectivity index (χ4v) is 5.16. The Morgan fingerprint density at radius 2 is 1.92 bits per heavy atom. The Balaban J connectivity index is 1.73. The number of hydrogen-bond acceptors (Lipinski definition) is 7. The maximum Gasteiger partial charge on any atom is 0.333 e. The van der Waals surface area contributed by atoms with E-state index in [2.05, 4.69) is 11.8 Å². The lowest BCUT2D eigenvalue weighted by Gasteiger charge is -2.31. The molecule has 4 aromatic rings. The minimum Gasteiger partial charge on any atom is -0.465 e. The van der Waals surface area contributed by atoms with Gasteiger partial charge in [0.1, 0.15) is 6.54 Å². The number of aromatic nitrogens is 4. The lowest BCUT2D eigenvalue weighted by atomic mass is 10.1. The number of hydrogen-bond donors (Lipinski definition) is 1. The number of carbonyl (C=O) groups is 1. The second kappa shape index (κ2) is 11.2. The molecular formula is C29H32N6O4. The van der Waals surface area contributed by atoms with Crippen LogP contribution in [0.3, 0.4) is 0 Å². The Morgan fingerprint density at radius 3 is 2.67 bits per heavy atom. The van der Waals surface area contributed by atoms with Crippen molar-refractivity contribution in [2.45, 2.75) is 52.4 Å². The molecule has 202 valence electrons. The molecule has 0 spiro atoms. The van der Waals surface area contributed by atoms with Crippen molar-refractivity contribution in [1.29, 1.82) is 0 Å². The number of imidazole rings is 1. The second-order valence-corrected chi connectivity index (χ2v) is 9.69. The molecule has 1 aliphatic heterocycles. The highest BCUT2D eigenvalue weighted by Crippen LogP contribution is 2.23. The monoisotopic (exact) mass is 528 g/mol. The molecule has 3 heterocycles. The summed E-state index contributed by atoms with van der Waals surface area (Å²) in [7, 11) is 0. The molecule has 1 unspecified atom stereocenters. The van der Waals surface area contributed by atoms with Gasteiger partial charge in [0.2, 0.25) is 5.95 Å². The predicted molar refractivity (Wildman–Crippen MR) is 151 cm³/mol. The summed E-state index contributed by atoms with van der Waals surface area (Å²) in [6.45, 7) is 4.76. The van der Waals surface area contributed by atoms with Crippen LogP contribution in [0.5, 0.6) is 0 Å². The molecular weight excluding hydrogens is 496 g/mol. The normalized spacial score (nSPS) is 15.4. The first kappa shape index (κ1) is 26.3. The Kier molecular flexibility index (Phi) is 7.52. The molecule has 1 fully saturated rings. The number of piperidine rings is 1. The maximum atomic E-state index is 14.0. The van der Waals surface area contributed by atoms with Crippen molar-refractivity contribution in [2.24, 2.45) is 5.73 Å². The highest BCUT2D eigenvalue weighted by Gasteiger charge is 2.27. The van der Waals surface area contributed by atoms with Gasteiger partial charge in [-0.25, -0.2) is 4.79 Å². The lowest BCUT2D eigenvalue weighted by Crippen LogP contribution is -2.44. The summed E-state index contributed by atoms with van der Waals surface area (Å²) in [5, 5.41) is 2.06. The minimum absolute atomic E-state index is 0.0319. The van der Waals surface area contributed by atoms with Crippen molar-refractivity contribution in [3.8, 4) is 11.8 Å². The molecule has 2 aromatic carbocycles. The second-order valence-electron chi connectivity index (χ2n) is 9.69. The molecule has 0 bridgehead atoms. The van der Waals surface area contributed by atoms with Gasteiger partial charge in [-0.15, -0.1) is 5.92 Å². The van der Waals surface area contributed by atoms with Crippen LogP contribution in [0.2, 0.25) is 0 Å². The van der Waals surface area contributed by atoms with E-state index in [9.17, 15) is 14.4 Å². The first-order valence-electron chi connectivity index (χ1n) is 13.2. The zero-order chi connectivity index (χ0) is 27.5. The van der Waals surface area contributed by atoms with Gasteiger partial charge in [-0.05, 0) is 49.1 Å². The summed E-state index contributed by atoms with van der Waals surface area (Å²) in [5.41, 5.74) is 6.29. The van der Waals surface area contributed by atoms with Gasteiger partial charge < -0.3 is 15.4 Å². The summed E-state index contributed by atoms with van der Waals surface area (Å²) in [6.07, 6.45) is 1.78. The van der Waals surface area contributed by atoms with Crippen molar-refractivity contribution in [2.75, 3.05) is 24.6 Å². The van der Waals surface area contributed by atoms with Crippen molar-refractivity contribution < 1.29 is 9.53 Å². The minimum atomic E-state index is -0.623. The number of nitrogens with zero attached hydrogens (tertiary/aromatic N) is 5. The number of anilines is 1. The van der Waals surface area contributed by atoms with E-state index in [1.165, 1.54) is 4.57 Å². The van der Waals surface area contributed by atoms with E-state index in [0.29, 0.717) is 19.0 Å². The quantitative estimate of drug-likeness (QED) is 0.288. The average Bonchev–Trinajstić information content (AvgIpc) is 3.32. The zero-order valence-electron chi connectivity index (χ0n) is 22.2. The number of benzene rings is 2. The van der Waals surface area contributed by atoms with Crippen LogP contribution < -0.4 is 21.9 Å². The summed E-state index contributed by atoms with van der Waals surface area (Å²) >= 11 is 0. The molecule has 0 amide bonds. The standard InChI is InChI=1S/C29H32N6O4/c1-3-5-15-33-25-26(31-28(33)32-14-8-11-23(30)18-32)34(19-24(36)39-4-2)29(38)35(27(25)37)17-20-12-13-21-9-6-7-10-22(21)16-20/h6-7,9-10,12-13,16,23H,4,8,11,14-15,17-19,30H2,1-2H3.